The Morgan fingerprint density at radius 3 is 2.35 bits per heavy atom. The number of amides is 1. The molecule has 6 aromatic rings. The number of H-pyrrole nitrogens is 1. The van der Waals surface area contributed by atoms with E-state index in [1.165, 1.54) is 19.3 Å². The van der Waals surface area contributed by atoms with Gasteiger partial charge in [0.25, 0.3) is 5.91 Å². The van der Waals surface area contributed by atoms with Crippen LogP contribution in [0, 0.1) is 11.3 Å². The minimum Gasteiger partial charge on any atom is -0.489 e. The molecule has 2 aromatic heterocycles. The highest BCUT2D eigenvalue weighted by Gasteiger charge is 2.25. The molecule has 0 unspecified atom stereocenters. The Labute approximate surface area is 295 Å². The van der Waals surface area contributed by atoms with Gasteiger partial charge in [0.1, 0.15) is 18.2 Å². The number of nitrogens with one attached hydrogen (secondary N) is 1. The van der Waals surface area contributed by atoms with Gasteiger partial charge in [-0.3, -0.25) is 4.79 Å². The average molecular weight is 679 g/mol. The third-order valence-electron chi connectivity index (χ3n) is 10.2. The van der Waals surface area contributed by atoms with Crippen LogP contribution in [0.15, 0.2) is 84.9 Å². The number of likely N-dealkylation sites (tertiary alicyclic amines) is 1. The van der Waals surface area contributed by atoms with E-state index in [0.29, 0.717) is 54.7 Å². The van der Waals surface area contributed by atoms with Gasteiger partial charge in [-0.05, 0) is 114 Å². The molecule has 256 valence electrons. The molecule has 0 atom stereocenters. The number of carbonyl (C=O) groups excluding carboxylic acids is 1. The van der Waals surface area contributed by atoms with E-state index in [-0.39, 0.29) is 18.6 Å². The molecule has 11 nitrogen and oxygen atoms in total. The molecule has 11 heteroatoms. The maximum absolute atomic E-state index is 13.5. The van der Waals surface area contributed by atoms with Crippen LogP contribution in [0.25, 0.3) is 44.9 Å². The number of tetrazole rings is 1. The fourth-order valence-corrected chi connectivity index (χ4v) is 7.40. The van der Waals surface area contributed by atoms with E-state index in [1.807, 2.05) is 54.6 Å². The minimum absolute atomic E-state index is 0.0517. The highest BCUT2D eigenvalue weighted by Crippen LogP contribution is 2.37. The Bertz CT molecular complexity index is 2190. The van der Waals surface area contributed by atoms with Crippen LogP contribution in [-0.4, -0.2) is 65.3 Å². The normalized spacial score (nSPS) is 15.6. The number of aromatic nitrogens is 6. The number of aromatic amines is 1. The first-order valence-electron chi connectivity index (χ1n) is 17.6. The van der Waals surface area contributed by atoms with Crippen LogP contribution in [0.3, 0.4) is 0 Å². The first-order valence-corrected chi connectivity index (χ1v) is 17.6. The SMILES string of the molecule is N#Cc1ccc(-c2ccc(C(=O)N3CCC(O)CC3)cc2COc2ccc(-c3nc4cc(-c5nn[nH]n5)ccc4n3C3CCCCC3)cc2)cc1. The zero-order chi connectivity index (χ0) is 34.7. The summed E-state index contributed by atoms with van der Waals surface area (Å²) >= 11 is 0. The molecule has 1 saturated heterocycles. The van der Waals surface area contributed by atoms with Crippen molar-refractivity contribution in [2.24, 2.45) is 0 Å². The number of aliphatic hydroxyl groups is 1. The Morgan fingerprint density at radius 1 is 0.882 bits per heavy atom. The number of piperidine rings is 1. The van der Waals surface area contributed by atoms with Crippen LogP contribution in [-0.2, 0) is 6.61 Å². The van der Waals surface area contributed by atoms with E-state index in [2.05, 4.69) is 49.5 Å². The number of hydrogen-bond donors (Lipinski definition) is 2. The summed E-state index contributed by atoms with van der Waals surface area (Å²) < 4.78 is 8.79. The Kier molecular flexibility index (Phi) is 8.99. The van der Waals surface area contributed by atoms with Crippen LogP contribution >= 0.6 is 0 Å². The van der Waals surface area contributed by atoms with E-state index in [1.54, 1.807) is 17.0 Å². The van der Waals surface area contributed by atoms with Gasteiger partial charge in [0.2, 0.25) is 5.82 Å². The molecule has 2 fully saturated rings. The summed E-state index contributed by atoms with van der Waals surface area (Å²) in [5, 5.41) is 33.8. The zero-order valence-electron chi connectivity index (χ0n) is 28.2. The van der Waals surface area contributed by atoms with Gasteiger partial charge in [-0.2, -0.15) is 10.5 Å². The summed E-state index contributed by atoms with van der Waals surface area (Å²) in [4.78, 5) is 20.4. The third kappa shape index (κ3) is 6.70. The van der Waals surface area contributed by atoms with Crippen LogP contribution in [0.4, 0.5) is 0 Å². The lowest BCUT2D eigenvalue weighted by Crippen LogP contribution is -2.40. The molecule has 1 aliphatic heterocycles. The summed E-state index contributed by atoms with van der Waals surface area (Å²) in [7, 11) is 0. The predicted octanol–water partition coefficient (Wildman–Crippen LogP) is 7.10. The Morgan fingerprint density at radius 2 is 1.63 bits per heavy atom. The summed E-state index contributed by atoms with van der Waals surface area (Å²) in [6.45, 7) is 1.31. The largest absolute Gasteiger partial charge is 0.489 e. The van der Waals surface area contributed by atoms with E-state index >= 15 is 0 Å². The molecule has 51 heavy (non-hydrogen) atoms. The number of aliphatic hydroxyl groups excluding tert-OH is 1. The fourth-order valence-electron chi connectivity index (χ4n) is 7.40. The molecule has 1 saturated carbocycles. The topological polar surface area (TPSA) is 146 Å². The molecule has 4 aromatic carbocycles. The van der Waals surface area contributed by atoms with Crippen molar-refractivity contribution in [3.8, 4) is 45.7 Å². The van der Waals surface area contributed by atoms with Crippen molar-refractivity contribution in [3.05, 3.63) is 102 Å². The molecule has 0 radical (unpaired) electrons. The van der Waals surface area contributed by atoms with Crippen LogP contribution in [0.1, 0.15) is 72.5 Å². The molecule has 3 heterocycles. The first-order chi connectivity index (χ1) is 25.0. The van der Waals surface area contributed by atoms with E-state index in [9.17, 15) is 15.2 Å². The van der Waals surface area contributed by atoms with Crippen molar-refractivity contribution in [2.75, 3.05) is 13.1 Å². The molecular weight excluding hydrogens is 640 g/mol. The summed E-state index contributed by atoms with van der Waals surface area (Å²) in [6.07, 6.45) is 6.72. The van der Waals surface area contributed by atoms with Gasteiger partial charge in [0, 0.05) is 35.8 Å². The minimum atomic E-state index is -0.356. The second kappa shape index (κ2) is 14.2. The maximum Gasteiger partial charge on any atom is 0.253 e. The molecular formula is C40H38N8O3. The highest BCUT2D eigenvalue weighted by atomic mass is 16.5. The second-order valence-electron chi connectivity index (χ2n) is 13.4. The molecule has 8 rings (SSSR count). The van der Waals surface area contributed by atoms with Crippen molar-refractivity contribution >= 4 is 16.9 Å². The number of ether oxygens (including phenoxy) is 1. The quantitative estimate of drug-likeness (QED) is 0.173. The summed E-state index contributed by atoms with van der Waals surface area (Å²) in [6, 6.07) is 29.9. The number of fused-ring (bicyclic) bond motifs is 1. The van der Waals surface area contributed by atoms with Gasteiger partial charge in [-0.25, -0.2) is 4.98 Å². The van der Waals surface area contributed by atoms with Crippen molar-refractivity contribution in [1.29, 1.82) is 5.26 Å². The van der Waals surface area contributed by atoms with Gasteiger partial charge in [-0.15, -0.1) is 10.2 Å². The maximum atomic E-state index is 13.5. The number of nitriles is 1. The van der Waals surface area contributed by atoms with Crippen LogP contribution < -0.4 is 4.74 Å². The van der Waals surface area contributed by atoms with Crippen molar-refractivity contribution in [1.82, 2.24) is 35.1 Å². The highest BCUT2D eigenvalue weighted by molar-refractivity contribution is 5.95. The Hall–Kier alpha value is -5.86. The number of carbonyl (C=O) groups is 1. The van der Waals surface area contributed by atoms with E-state index < -0.39 is 0 Å². The summed E-state index contributed by atoms with van der Waals surface area (Å²) in [5.41, 5.74) is 7.75. The first kappa shape index (κ1) is 32.4. The monoisotopic (exact) mass is 678 g/mol. The zero-order valence-corrected chi connectivity index (χ0v) is 28.2. The smallest absolute Gasteiger partial charge is 0.253 e. The average Bonchev–Trinajstić information content (AvgIpc) is 3.87. The number of benzene rings is 4. The lowest BCUT2D eigenvalue weighted by molar-refractivity contribution is 0.0546. The standard InChI is InChI=1S/C40H38N8O3/c41-24-26-6-8-27(9-7-26)35-16-12-30(40(50)47-20-18-33(49)19-21-47)22-31(35)25-51-34-14-10-28(11-15-34)39-42-36-23-29(38-43-45-46-44-38)13-17-37(36)48(39)32-4-2-1-3-5-32/h6-17,22-23,32-33,49H,1-5,18-21,25H2,(H,43,44,45,46). The van der Waals surface area contributed by atoms with Crippen LogP contribution in [0.2, 0.25) is 0 Å². The van der Waals surface area contributed by atoms with E-state index in [0.717, 1.165) is 57.5 Å². The van der Waals surface area contributed by atoms with Gasteiger partial charge < -0.3 is 19.3 Å². The number of imidazole rings is 1. The summed E-state index contributed by atoms with van der Waals surface area (Å²) in [5.74, 6) is 2.11. The fraction of sp³-hybridized carbons (Fsp3) is 0.300. The lowest BCUT2D eigenvalue weighted by Gasteiger charge is -2.29. The number of rotatable bonds is 8. The lowest BCUT2D eigenvalue weighted by atomic mass is 9.94. The third-order valence-corrected chi connectivity index (χ3v) is 10.2. The molecule has 0 spiro atoms. The second-order valence-corrected chi connectivity index (χ2v) is 13.4. The predicted molar refractivity (Wildman–Crippen MR) is 193 cm³/mol. The van der Waals surface area contributed by atoms with Crippen molar-refractivity contribution in [3.63, 3.8) is 0 Å². The molecule has 0 bridgehead atoms. The van der Waals surface area contributed by atoms with Gasteiger partial charge in [-0.1, -0.05) is 37.5 Å². The van der Waals surface area contributed by atoms with Gasteiger partial charge >= 0.3 is 0 Å². The molecule has 1 aliphatic carbocycles. The van der Waals surface area contributed by atoms with Gasteiger partial charge in [0.15, 0.2) is 0 Å². The molecule has 1 amide bonds. The van der Waals surface area contributed by atoms with Crippen LogP contribution in [0.5, 0.6) is 5.75 Å². The van der Waals surface area contributed by atoms with Crippen molar-refractivity contribution in [2.45, 2.75) is 63.7 Å². The van der Waals surface area contributed by atoms with Crippen molar-refractivity contribution < 1.29 is 14.6 Å². The Balaban J connectivity index is 1.08. The van der Waals surface area contributed by atoms with E-state index in [4.69, 9.17) is 9.72 Å². The van der Waals surface area contributed by atoms with Gasteiger partial charge in [0.05, 0.1) is 28.8 Å². The molecule has 2 N–H and O–H groups in total. The molecule has 2 aliphatic rings. The number of hydrogen-bond acceptors (Lipinski definition) is 8. The number of nitrogens with zero attached hydrogens (tertiary/aromatic N) is 7.